The number of fused-ring (bicyclic) bond motifs is 1. The molecule has 4 rings (SSSR count). The fourth-order valence-electron chi connectivity index (χ4n) is 3.85. The molecule has 0 unspecified atom stereocenters. The third-order valence-corrected chi connectivity index (χ3v) is 5.17. The highest BCUT2D eigenvalue weighted by molar-refractivity contribution is 5.89. The van der Waals surface area contributed by atoms with Crippen LogP contribution in [0.15, 0.2) is 42.9 Å². The van der Waals surface area contributed by atoms with Crippen molar-refractivity contribution in [1.82, 2.24) is 19.7 Å². The fourth-order valence-corrected chi connectivity index (χ4v) is 3.85. The first-order valence-electron chi connectivity index (χ1n) is 9.04. The Bertz CT molecular complexity index is 865. The van der Waals surface area contributed by atoms with E-state index < -0.39 is 0 Å². The van der Waals surface area contributed by atoms with Gasteiger partial charge >= 0.3 is 0 Å². The van der Waals surface area contributed by atoms with E-state index in [-0.39, 0.29) is 11.9 Å². The lowest BCUT2D eigenvalue weighted by Gasteiger charge is -2.35. The molecule has 25 heavy (non-hydrogen) atoms. The lowest BCUT2D eigenvalue weighted by Crippen LogP contribution is -2.46. The Kier molecular flexibility index (Phi) is 4.30. The molecule has 0 bridgehead atoms. The number of piperidine rings is 1. The van der Waals surface area contributed by atoms with E-state index in [0.29, 0.717) is 6.42 Å². The van der Waals surface area contributed by atoms with Gasteiger partial charge in [-0.25, -0.2) is 0 Å². The van der Waals surface area contributed by atoms with Crippen molar-refractivity contribution in [3.63, 3.8) is 0 Å². The molecule has 3 heterocycles. The first-order valence-corrected chi connectivity index (χ1v) is 9.04. The molecule has 3 aromatic rings. The number of aromatic nitrogens is 3. The molecular formula is C20H24N4O. The number of hydrogen-bond acceptors (Lipinski definition) is 2. The van der Waals surface area contributed by atoms with Gasteiger partial charge in [-0.1, -0.05) is 12.1 Å². The number of H-pyrrole nitrogens is 1. The molecule has 1 N–H and O–H groups in total. The maximum absolute atomic E-state index is 13.0. The van der Waals surface area contributed by atoms with Crippen LogP contribution in [0.5, 0.6) is 0 Å². The van der Waals surface area contributed by atoms with Crippen molar-refractivity contribution in [2.45, 2.75) is 45.2 Å². The number of hydrogen-bond donors (Lipinski definition) is 1. The van der Waals surface area contributed by atoms with Gasteiger partial charge in [0.05, 0.1) is 19.0 Å². The van der Waals surface area contributed by atoms with E-state index in [1.54, 1.807) is 6.20 Å². The predicted molar refractivity (Wildman–Crippen MR) is 98.3 cm³/mol. The molecule has 130 valence electrons. The van der Waals surface area contributed by atoms with Crippen molar-refractivity contribution in [2.75, 3.05) is 6.54 Å². The number of amides is 1. The van der Waals surface area contributed by atoms with E-state index in [0.717, 1.165) is 42.4 Å². The molecule has 0 saturated carbocycles. The highest BCUT2D eigenvalue weighted by atomic mass is 16.2. The van der Waals surface area contributed by atoms with Crippen LogP contribution in [0.25, 0.3) is 10.9 Å². The number of carbonyl (C=O) groups excluding carboxylic acids is 1. The minimum Gasteiger partial charge on any atom is -0.361 e. The largest absolute Gasteiger partial charge is 0.361 e. The van der Waals surface area contributed by atoms with Gasteiger partial charge in [-0.15, -0.1) is 0 Å². The normalized spacial score (nSPS) is 18.0. The average Bonchev–Trinajstić information content (AvgIpc) is 3.25. The van der Waals surface area contributed by atoms with Crippen LogP contribution in [0.2, 0.25) is 0 Å². The summed E-state index contributed by atoms with van der Waals surface area (Å²) in [6.45, 7) is 3.72. The summed E-state index contributed by atoms with van der Waals surface area (Å²) in [6, 6.07) is 8.52. The van der Waals surface area contributed by atoms with Crippen LogP contribution in [0.1, 0.15) is 30.4 Å². The van der Waals surface area contributed by atoms with Gasteiger partial charge in [-0.2, -0.15) is 5.10 Å². The second kappa shape index (κ2) is 6.75. The lowest BCUT2D eigenvalue weighted by atomic mass is 10.0. The lowest BCUT2D eigenvalue weighted by molar-refractivity contribution is -0.134. The summed E-state index contributed by atoms with van der Waals surface area (Å²) >= 11 is 0. The molecule has 1 amide bonds. The van der Waals surface area contributed by atoms with E-state index in [9.17, 15) is 4.79 Å². The number of aryl methyl sites for hydroxylation is 1. The number of likely N-dealkylation sites (tertiary alicyclic amines) is 1. The molecule has 1 saturated heterocycles. The van der Waals surface area contributed by atoms with E-state index in [1.807, 2.05) is 23.1 Å². The van der Waals surface area contributed by atoms with Crippen molar-refractivity contribution in [3.8, 4) is 0 Å². The van der Waals surface area contributed by atoms with E-state index in [1.165, 1.54) is 12.0 Å². The highest BCUT2D eigenvalue weighted by Gasteiger charge is 2.27. The monoisotopic (exact) mass is 336 g/mol. The number of carbonyl (C=O) groups is 1. The van der Waals surface area contributed by atoms with Crippen molar-refractivity contribution < 1.29 is 4.79 Å². The van der Waals surface area contributed by atoms with Gasteiger partial charge in [-0.05, 0) is 49.4 Å². The molecule has 5 nitrogen and oxygen atoms in total. The van der Waals surface area contributed by atoms with Crippen molar-refractivity contribution in [2.24, 2.45) is 0 Å². The van der Waals surface area contributed by atoms with Crippen molar-refractivity contribution >= 4 is 16.8 Å². The summed E-state index contributed by atoms with van der Waals surface area (Å²) in [5.74, 6) is 0.221. The number of nitrogens with one attached hydrogen (secondary N) is 1. The van der Waals surface area contributed by atoms with Gasteiger partial charge in [0.15, 0.2) is 0 Å². The summed E-state index contributed by atoms with van der Waals surface area (Å²) in [4.78, 5) is 18.4. The molecular weight excluding hydrogens is 312 g/mol. The molecule has 0 radical (unpaired) electrons. The predicted octanol–water partition coefficient (Wildman–Crippen LogP) is 3.30. The second-order valence-corrected chi connectivity index (χ2v) is 7.00. The minimum absolute atomic E-state index is 0.221. The van der Waals surface area contributed by atoms with Crippen LogP contribution in [-0.2, 0) is 17.8 Å². The highest BCUT2D eigenvalue weighted by Crippen LogP contribution is 2.23. The maximum Gasteiger partial charge on any atom is 0.227 e. The molecule has 1 aliphatic heterocycles. The van der Waals surface area contributed by atoms with E-state index in [2.05, 4.69) is 40.1 Å². The number of benzene rings is 1. The van der Waals surface area contributed by atoms with Crippen molar-refractivity contribution in [3.05, 3.63) is 54.0 Å². The fraction of sp³-hybridized carbons (Fsp3) is 0.400. The molecule has 1 atom stereocenters. The molecule has 0 aliphatic carbocycles. The summed E-state index contributed by atoms with van der Waals surface area (Å²) in [5, 5.41) is 5.46. The van der Waals surface area contributed by atoms with Crippen LogP contribution in [0, 0.1) is 6.92 Å². The Balaban J connectivity index is 1.51. The van der Waals surface area contributed by atoms with Crippen molar-refractivity contribution in [1.29, 1.82) is 0 Å². The van der Waals surface area contributed by atoms with Gasteiger partial charge in [0, 0.05) is 36.0 Å². The van der Waals surface area contributed by atoms with Gasteiger partial charge in [0.1, 0.15) is 0 Å². The molecule has 0 spiro atoms. The van der Waals surface area contributed by atoms with E-state index in [4.69, 9.17) is 0 Å². The Hall–Kier alpha value is -2.56. The minimum atomic E-state index is 0.221. The maximum atomic E-state index is 13.0. The first-order chi connectivity index (χ1) is 12.2. The van der Waals surface area contributed by atoms with Crippen LogP contribution in [0.3, 0.4) is 0 Å². The third kappa shape index (κ3) is 3.31. The molecule has 1 aliphatic rings. The standard InChI is InChI=1S/C20H24N4O/c1-15-6-7-18-16(13-21-19(18)11-15)12-20(25)24-10-3-2-5-17(24)14-23-9-4-8-22-23/h4,6-9,11,13,17,21H,2-3,5,10,12,14H2,1H3/t17-/m1/s1. The van der Waals surface area contributed by atoms with Gasteiger partial charge in [-0.3, -0.25) is 9.48 Å². The number of nitrogens with zero attached hydrogens (tertiary/aromatic N) is 3. The average molecular weight is 336 g/mol. The molecule has 1 aromatic carbocycles. The first kappa shape index (κ1) is 15.9. The quantitative estimate of drug-likeness (QED) is 0.795. The zero-order valence-corrected chi connectivity index (χ0v) is 14.6. The van der Waals surface area contributed by atoms with Gasteiger partial charge in [0.2, 0.25) is 5.91 Å². The zero-order chi connectivity index (χ0) is 17.2. The SMILES string of the molecule is Cc1ccc2c(CC(=O)N3CCCC[C@@H]3Cn3cccn3)c[nH]c2c1. The molecule has 5 heteroatoms. The Morgan fingerprint density at radius 3 is 3.12 bits per heavy atom. The summed E-state index contributed by atoms with van der Waals surface area (Å²) in [5.41, 5.74) is 3.42. The molecule has 2 aromatic heterocycles. The zero-order valence-electron chi connectivity index (χ0n) is 14.6. The summed E-state index contributed by atoms with van der Waals surface area (Å²) < 4.78 is 1.94. The van der Waals surface area contributed by atoms with Crippen LogP contribution in [0.4, 0.5) is 0 Å². The summed E-state index contributed by atoms with van der Waals surface area (Å²) in [6.07, 6.45) is 9.53. The van der Waals surface area contributed by atoms with E-state index >= 15 is 0 Å². The van der Waals surface area contributed by atoms with Crippen LogP contribution >= 0.6 is 0 Å². The Morgan fingerprint density at radius 1 is 1.36 bits per heavy atom. The molecule has 1 fully saturated rings. The summed E-state index contributed by atoms with van der Waals surface area (Å²) in [7, 11) is 0. The second-order valence-electron chi connectivity index (χ2n) is 7.00. The van der Waals surface area contributed by atoms with Crippen LogP contribution in [-0.4, -0.2) is 38.2 Å². The number of aromatic amines is 1. The number of rotatable bonds is 4. The third-order valence-electron chi connectivity index (χ3n) is 5.17. The van der Waals surface area contributed by atoms with Gasteiger partial charge < -0.3 is 9.88 Å². The Labute approximate surface area is 147 Å². The Morgan fingerprint density at radius 2 is 2.28 bits per heavy atom. The van der Waals surface area contributed by atoms with Gasteiger partial charge in [0.25, 0.3) is 0 Å². The smallest absolute Gasteiger partial charge is 0.227 e. The topological polar surface area (TPSA) is 53.9 Å². The van der Waals surface area contributed by atoms with Crippen LogP contribution < -0.4 is 0 Å².